The molecular formula is C4F7IZn. The van der Waals surface area contributed by atoms with Crippen LogP contribution in [-0.4, -0.2) is 12.1 Å². The summed E-state index contributed by atoms with van der Waals surface area (Å²) in [5, 5.41) is 0. The summed E-state index contributed by atoms with van der Waals surface area (Å²) in [6, 6.07) is 0. The first kappa shape index (κ1) is 16.0. The predicted molar refractivity (Wildman–Crippen MR) is 20.2 cm³/mol. The van der Waals surface area contributed by atoms with Gasteiger partial charge in [-0.05, 0) is 0 Å². The van der Waals surface area contributed by atoms with Crippen LogP contribution >= 0.6 is 0 Å². The minimum atomic E-state index is -6.09. The van der Waals surface area contributed by atoms with Crippen molar-refractivity contribution in [2.45, 2.75) is 12.1 Å². The number of halogens is 8. The smallest absolute Gasteiger partial charge is 1.00 e. The number of hydrogen-bond acceptors (Lipinski definition) is 0. The van der Waals surface area contributed by atoms with Crippen molar-refractivity contribution in [1.82, 2.24) is 0 Å². The van der Waals surface area contributed by atoms with Gasteiger partial charge < -0.3 is 24.0 Å². The van der Waals surface area contributed by atoms with Crippen LogP contribution in [-0.2, 0) is 18.3 Å². The largest absolute Gasteiger partial charge is 1.00 e. The van der Waals surface area contributed by atoms with Gasteiger partial charge in [0.2, 0.25) is 0 Å². The molecule has 0 N–H and O–H groups in total. The van der Waals surface area contributed by atoms with E-state index in [-0.39, 0.29) is 24.0 Å². The molecular weight excluding hydrogens is 373 g/mol. The second-order valence-electron chi connectivity index (χ2n) is 1.79. The van der Waals surface area contributed by atoms with E-state index in [2.05, 4.69) is 0 Å². The van der Waals surface area contributed by atoms with Crippen molar-refractivity contribution in [3.63, 3.8) is 0 Å². The summed E-state index contributed by atoms with van der Waals surface area (Å²) >= 11 is -0.725. The van der Waals surface area contributed by atoms with Gasteiger partial charge in [-0.25, -0.2) is 0 Å². The quantitative estimate of drug-likeness (QED) is 0.341. The molecule has 0 saturated carbocycles. The van der Waals surface area contributed by atoms with Crippen molar-refractivity contribution < 1.29 is 73.0 Å². The fourth-order valence-electron chi connectivity index (χ4n) is 0.295. The van der Waals surface area contributed by atoms with Crippen LogP contribution in [0.1, 0.15) is 0 Å². The summed E-state index contributed by atoms with van der Waals surface area (Å²) in [5.41, 5.74) is 0. The molecule has 9 heteroatoms. The standard InChI is InChI=1S/C4F7.HI.Zn/c5-1-2(6)3(7,8)4(9,10)11;;/h;1H;/q;;+1/p-1. The van der Waals surface area contributed by atoms with Crippen LogP contribution in [0, 0.1) is 0 Å². The van der Waals surface area contributed by atoms with E-state index in [0.29, 0.717) is 0 Å². The molecule has 74 valence electrons. The Morgan fingerprint density at radius 2 is 1.23 bits per heavy atom. The van der Waals surface area contributed by atoms with E-state index in [9.17, 15) is 30.7 Å². The molecule has 0 aromatic carbocycles. The van der Waals surface area contributed by atoms with Crippen molar-refractivity contribution >= 4 is 0 Å². The van der Waals surface area contributed by atoms with Crippen LogP contribution in [0.4, 0.5) is 30.7 Å². The Morgan fingerprint density at radius 3 is 1.31 bits per heavy atom. The van der Waals surface area contributed by atoms with E-state index >= 15 is 0 Å². The molecule has 0 rings (SSSR count). The van der Waals surface area contributed by atoms with Crippen molar-refractivity contribution in [2.24, 2.45) is 0 Å². The topological polar surface area (TPSA) is 0 Å². The Morgan fingerprint density at radius 1 is 0.923 bits per heavy atom. The van der Waals surface area contributed by atoms with E-state index in [4.69, 9.17) is 0 Å². The van der Waals surface area contributed by atoms with E-state index in [1.165, 1.54) is 0 Å². The molecule has 0 saturated heterocycles. The number of hydrogen-bond donors (Lipinski definition) is 0. The Bertz CT molecular complexity index is 203. The molecule has 0 unspecified atom stereocenters. The first-order valence-corrected chi connectivity index (χ1v) is 3.91. The van der Waals surface area contributed by atoms with Gasteiger partial charge in [0, 0.05) is 0 Å². The van der Waals surface area contributed by atoms with Gasteiger partial charge in [-0.1, -0.05) is 0 Å². The van der Waals surface area contributed by atoms with Gasteiger partial charge >= 0.3 is 71.4 Å². The van der Waals surface area contributed by atoms with Crippen molar-refractivity contribution in [3.8, 4) is 0 Å². The molecule has 0 aliphatic carbocycles. The zero-order chi connectivity index (χ0) is 10.2. The average molecular weight is 373 g/mol. The summed E-state index contributed by atoms with van der Waals surface area (Å²) in [7, 11) is 0. The van der Waals surface area contributed by atoms with Crippen LogP contribution in [0.5, 0.6) is 0 Å². The Kier molecular flexibility index (Phi) is 6.05. The maximum atomic E-state index is 11.9. The number of alkyl halides is 5. The van der Waals surface area contributed by atoms with Crippen LogP contribution in [0.15, 0.2) is 10.2 Å². The molecule has 0 heterocycles. The van der Waals surface area contributed by atoms with Crippen LogP contribution in [0.25, 0.3) is 0 Å². The molecule has 0 aliphatic heterocycles. The van der Waals surface area contributed by atoms with Crippen LogP contribution in [0.2, 0.25) is 0 Å². The molecule has 0 atom stereocenters. The van der Waals surface area contributed by atoms with Crippen molar-refractivity contribution in [1.29, 1.82) is 0 Å². The maximum absolute atomic E-state index is 11.9. The zero-order valence-electron chi connectivity index (χ0n) is 5.73. The second kappa shape index (κ2) is 4.90. The SMILES string of the molecule is F/[C]([Zn+])=C(\F)C(F)(F)C(F)(F)F.[I-]. The molecule has 13 heavy (non-hydrogen) atoms. The molecule has 0 bridgehead atoms. The monoisotopic (exact) mass is 372 g/mol. The fraction of sp³-hybridized carbons (Fsp3) is 0.500. The normalized spacial score (nSPS) is 14.8. The van der Waals surface area contributed by atoms with Crippen molar-refractivity contribution in [2.75, 3.05) is 0 Å². The van der Waals surface area contributed by atoms with E-state index in [0.717, 1.165) is 0 Å². The molecule has 0 aliphatic rings. The molecule has 0 radical (unpaired) electrons. The van der Waals surface area contributed by atoms with Gasteiger partial charge in [0.05, 0.1) is 0 Å². The Hall–Kier alpha value is 0.603. The molecule has 0 aromatic rings. The summed E-state index contributed by atoms with van der Waals surface area (Å²) < 4.78 is 78.9. The van der Waals surface area contributed by atoms with Gasteiger partial charge in [-0.2, -0.15) is 0 Å². The first-order chi connectivity index (χ1) is 5.10. The summed E-state index contributed by atoms with van der Waals surface area (Å²) in [5.74, 6) is -8.76. The van der Waals surface area contributed by atoms with E-state index in [1.54, 1.807) is 0 Å². The zero-order valence-corrected chi connectivity index (χ0v) is 10.9. The third-order valence-corrected chi connectivity index (χ3v) is 1.52. The minimum absolute atomic E-state index is 0. The van der Waals surface area contributed by atoms with Crippen LogP contribution in [0.3, 0.4) is 0 Å². The summed E-state index contributed by atoms with van der Waals surface area (Å²) in [6.45, 7) is 0. The van der Waals surface area contributed by atoms with Crippen molar-refractivity contribution in [3.05, 3.63) is 10.2 Å². The number of rotatable bonds is 1. The van der Waals surface area contributed by atoms with Crippen LogP contribution < -0.4 is 24.0 Å². The van der Waals surface area contributed by atoms with Gasteiger partial charge in [-0.3, -0.25) is 0 Å². The maximum Gasteiger partial charge on any atom is -1.00 e. The third kappa shape index (κ3) is 3.69. The van der Waals surface area contributed by atoms with Gasteiger partial charge in [-0.15, -0.1) is 0 Å². The second-order valence-corrected chi connectivity index (χ2v) is 3.09. The molecule has 0 aromatic heterocycles. The molecule has 0 spiro atoms. The number of allylic oxidation sites excluding steroid dienone is 1. The summed E-state index contributed by atoms with van der Waals surface area (Å²) in [6.07, 6.45) is -6.09. The first-order valence-electron chi connectivity index (χ1n) is 2.43. The minimum Gasteiger partial charge on any atom is -1.00 e. The predicted octanol–water partition coefficient (Wildman–Crippen LogP) is -0.157. The Labute approximate surface area is 95.2 Å². The van der Waals surface area contributed by atoms with Gasteiger partial charge in [0.15, 0.2) is 0 Å². The third-order valence-electron chi connectivity index (χ3n) is 0.870. The average Bonchev–Trinajstić information content (AvgIpc) is 1.83. The Balaban J connectivity index is 0. The van der Waals surface area contributed by atoms with Gasteiger partial charge in [0.1, 0.15) is 0 Å². The van der Waals surface area contributed by atoms with E-state index in [1.807, 2.05) is 0 Å². The molecule has 0 nitrogen and oxygen atoms in total. The van der Waals surface area contributed by atoms with E-state index < -0.39 is 40.6 Å². The molecule has 0 fully saturated rings. The fourth-order valence-corrected chi connectivity index (χ4v) is 0.761. The summed E-state index contributed by atoms with van der Waals surface area (Å²) in [4.78, 5) is 0. The van der Waals surface area contributed by atoms with Gasteiger partial charge in [0.25, 0.3) is 0 Å². The molecule has 0 amide bonds.